The Hall–Kier alpha value is 3.32. The Balaban J connectivity index is 0. The van der Waals surface area contributed by atoms with Gasteiger partial charge in [0.15, 0.2) is 0 Å². The summed E-state index contributed by atoms with van der Waals surface area (Å²) in [6.07, 6.45) is 0. The van der Waals surface area contributed by atoms with Crippen molar-refractivity contribution in [1.82, 2.24) is 0 Å². The second-order valence-corrected chi connectivity index (χ2v) is 0. The molecule has 0 amide bonds. The van der Waals surface area contributed by atoms with Crippen molar-refractivity contribution < 1.29 is 21.7 Å². The van der Waals surface area contributed by atoms with E-state index in [2.05, 4.69) is 0 Å². The van der Waals surface area contributed by atoms with Crippen LogP contribution in [0.25, 0.3) is 0 Å². The molecule has 0 atom stereocenters. The van der Waals surface area contributed by atoms with Crippen LogP contribution in [0.1, 0.15) is 0 Å². The maximum absolute atomic E-state index is 0. The van der Waals surface area contributed by atoms with Crippen LogP contribution in [0, 0.1) is 0 Å². The van der Waals surface area contributed by atoms with Crippen molar-refractivity contribution in [3.8, 4) is 0 Å². The minimum Gasteiger partial charge on any atom is -0.147 e. The first-order valence-electron chi connectivity index (χ1n) is 0. The van der Waals surface area contributed by atoms with E-state index >= 15 is 0 Å². The summed E-state index contributed by atoms with van der Waals surface area (Å²) in [5.41, 5.74) is 0. The molecule has 10 heavy (non-hydrogen) atoms. The van der Waals surface area contributed by atoms with E-state index in [4.69, 9.17) is 0 Å². The smallest absolute Gasteiger partial charge is 0 e. The van der Waals surface area contributed by atoms with Crippen LogP contribution >= 0.6 is 112 Å². The van der Waals surface area contributed by atoms with Gasteiger partial charge in [0, 0.05) is 21.7 Å². The van der Waals surface area contributed by atoms with Crippen LogP contribution in [-0.4, -0.2) is 0 Å². The molecule has 10 heteroatoms. The first-order chi connectivity index (χ1) is 0. The Kier molecular flexibility index (Phi) is 2620. The van der Waals surface area contributed by atoms with E-state index in [0.717, 1.165) is 0 Å². The van der Waals surface area contributed by atoms with Crippen molar-refractivity contribution in [2.75, 3.05) is 0 Å². The van der Waals surface area contributed by atoms with Crippen molar-refractivity contribution in [2.24, 2.45) is 0 Å². The van der Waals surface area contributed by atoms with Crippen molar-refractivity contribution >= 4 is 112 Å². The summed E-state index contributed by atoms with van der Waals surface area (Å²) < 4.78 is 0. The van der Waals surface area contributed by atoms with Gasteiger partial charge in [0.1, 0.15) is 0 Å². The number of hydrogen-bond acceptors (Lipinski definition) is 0. The molecule has 0 N–H and O–H groups in total. The third-order valence-electron chi connectivity index (χ3n) is 0. The Bertz CT molecular complexity index is 4.69. The molecule has 0 rings (SSSR count). The Morgan fingerprint density at radius 1 is 0.200 bits per heavy atom. The molecule has 0 spiro atoms. The molecule has 0 unspecified atom stereocenters. The topological polar surface area (TPSA) is 0 Å². The quantitative estimate of drug-likeness (QED) is 0.565. The van der Waals surface area contributed by atoms with Gasteiger partial charge in [-0.15, -0.1) is 112 Å². The normalized spacial score (nSPS) is 0. The number of rotatable bonds is 0. The molecule has 0 bridgehead atoms. The summed E-state index contributed by atoms with van der Waals surface area (Å²) in [6, 6.07) is 0. The molecule has 0 fully saturated rings. The van der Waals surface area contributed by atoms with Crippen LogP contribution < -0.4 is 0 Å². The fourth-order valence-electron chi connectivity index (χ4n) is 0. The van der Waals surface area contributed by atoms with Gasteiger partial charge in [-0.2, -0.15) is 0 Å². The van der Waals surface area contributed by atoms with Crippen LogP contribution in [0.5, 0.6) is 0 Å². The summed E-state index contributed by atoms with van der Waals surface area (Å²) >= 11 is 0. The minimum atomic E-state index is 0. The molecule has 0 saturated heterocycles. The van der Waals surface area contributed by atoms with Crippen molar-refractivity contribution in [1.29, 1.82) is 0 Å². The molecule has 0 aromatic rings. The molecular formula is H9Cl9Ti. The Morgan fingerprint density at radius 3 is 0.200 bits per heavy atom. The average Bonchev–Trinajstić information content (AvgIpc) is 0. The van der Waals surface area contributed by atoms with E-state index in [1.54, 1.807) is 0 Å². The first-order valence-corrected chi connectivity index (χ1v) is 0. The molecule has 0 saturated carbocycles. The van der Waals surface area contributed by atoms with Gasteiger partial charge in [-0.05, 0) is 0 Å². The molecule has 76 valence electrons. The zero-order chi connectivity index (χ0) is 0. The minimum absolute atomic E-state index is 0. The Morgan fingerprint density at radius 2 is 0.200 bits per heavy atom. The van der Waals surface area contributed by atoms with Gasteiger partial charge in [0.05, 0.1) is 0 Å². The van der Waals surface area contributed by atoms with Gasteiger partial charge in [0.2, 0.25) is 0 Å². The van der Waals surface area contributed by atoms with E-state index in [0.29, 0.717) is 0 Å². The predicted octanol–water partition coefficient (Wildman–Crippen LogP) is 3.79. The molecule has 0 aromatic carbocycles. The molecular weight excluding hydrogens is 367 g/mol. The van der Waals surface area contributed by atoms with Crippen molar-refractivity contribution in [3.63, 3.8) is 0 Å². The molecule has 0 radical (unpaired) electrons. The van der Waals surface area contributed by atoms with E-state index in [-0.39, 0.29) is 133 Å². The summed E-state index contributed by atoms with van der Waals surface area (Å²) in [6.45, 7) is 0. The van der Waals surface area contributed by atoms with Crippen LogP contribution in [0.2, 0.25) is 0 Å². The third kappa shape index (κ3) is 109. The van der Waals surface area contributed by atoms with Gasteiger partial charge < -0.3 is 0 Å². The van der Waals surface area contributed by atoms with E-state index in [1.165, 1.54) is 0 Å². The molecule has 0 aromatic heterocycles. The summed E-state index contributed by atoms with van der Waals surface area (Å²) in [7, 11) is 0. The third-order valence-corrected chi connectivity index (χ3v) is 0. The van der Waals surface area contributed by atoms with E-state index < -0.39 is 0 Å². The second kappa shape index (κ2) is 143. The predicted molar refractivity (Wildman–Crippen MR) is 65.2 cm³/mol. The Labute approximate surface area is 132 Å². The van der Waals surface area contributed by atoms with Gasteiger partial charge >= 0.3 is 0 Å². The molecule has 0 aliphatic heterocycles. The van der Waals surface area contributed by atoms with Crippen molar-refractivity contribution in [3.05, 3.63) is 0 Å². The maximum atomic E-state index is 0. The van der Waals surface area contributed by atoms with Crippen LogP contribution in [-0.2, 0) is 21.7 Å². The van der Waals surface area contributed by atoms with Gasteiger partial charge in [0.25, 0.3) is 0 Å². The SMILES string of the molecule is Cl.Cl.Cl.Cl.Cl.Cl.Cl.Cl.Cl.[Ti]. The standard InChI is InChI=1S/9ClH.Ti/h9*1H;. The van der Waals surface area contributed by atoms with Crippen LogP contribution in [0.4, 0.5) is 0 Å². The first kappa shape index (κ1) is 183. The fourth-order valence-corrected chi connectivity index (χ4v) is 0. The fraction of sp³-hybridized carbons (Fsp3) is 0. The number of hydrogen-bond donors (Lipinski definition) is 0. The largest absolute Gasteiger partial charge is 0.147 e. The molecule has 0 heterocycles. The zero-order valence-electron chi connectivity index (χ0n) is 4.17. The van der Waals surface area contributed by atoms with E-state index in [1.807, 2.05) is 0 Å². The maximum Gasteiger partial charge on any atom is 0 e. The molecule has 0 nitrogen and oxygen atoms in total. The molecule has 0 aliphatic carbocycles. The van der Waals surface area contributed by atoms with Crippen LogP contribution in [0.3, 0.4) is 0 Å². The van der Waals surface area contributed by atoms with E-state index in [9.17, 15) is 0 Å². The zero-order valence-corrected chi connectivity index (χ0v) is 13.1. The average molecular weight is 376 g/mol. The number of halogens is 9. The van der Waals surface area contributed by atoms with Gasteiger partial charge in [-0.25, -0.2) is 0 Å². The molecule has 0 aliphatic rings. The van der Waals surface area contributed by atoms with Gasteiger partial charge in [-0.3, -0.25) is 0 Å². The van der Waals surface area contributed by atoms with Crippen molar-refractivity contribution in [2.45, 2.75) is 0 Å². The summed E-state index contributed by atoms with van der Waals surface area (Å²) in [4.78, 5) is 0. The summed E-state index contributed by atoms with van der Waals surface area (Å²) in [5, 5.41) is 0. The van der Waals surface area contributed by atoms with Gasteiger partial charge in [-0.1, -0.05) is 0 Å². The monoisotopic (exact) mass is 372 g/mol. The summed E-state index contributed by atoms with van der Waals surface area (Å²) in [5.74, 6) is 0. The van der Waals surface area contributed by atoms with Crippen LogP contribution in [0.15, 0.2) is 0 Å². The second-order valence-electron chi connectivity index (χ2n) is 0.